The number of carboxylic acid groups (broad SMARTS) is 1. The smallest absolute Gasteiger partial charge is 0.328 e. The van der Waals surface area contributed by atoms with Crippen LogP contribution in [0.4, 0.5) is 0 Å². The minimum Gasteiger partial charge on any atom is -0.480 e. The molecule has 0 saturated heterocycles. The lowest BCUT2D eigenvalue weighted by Crippen LogP contribution is -2.56. The number of amides is 3. The number of thiol groups is 1. The number of nitrogens with two attached hydrogens (primary N) is 1. The molecule has 11 nitrogen and oxygen atoms in total. The third-order valence-corrected chi connectivity index (χ3v) is 3.24. The zero-order valence-corrected chi connectivity index (χ0v) is 13.8. The van der Waals surface area contributed by atoms with Gasteiger partial charge >= 0.3 is 5.97 Å². The molecule has 0 heterocycles. The van der Waals surface area contributed by atoms with Gasteiger partial charge in [-0.1, -0.05) is 0 Å². The lowest BCUT2D eigenvalue weighted by atomic mass is 10.1. The number of aliphatic carboxylic acids is 1. The molecular formula is C12H22N4O7S. The Bertz CT molecular complexity index is 474. The van der Waals surface area contributed by atoms with E-state index in [0.29, 0.717) is 0 Å². The van der Waals surface area contributed by atoms with E-state index in [2.05, 4.69) is 23.3 Å². The zero-order chi connectivity index (χ0) is 18.9. The predicted octanol–water partition coefficient (Wildman–Crippen LogP) is -4.21. The van der Waals surface area contributed by atoms with Crippen molar-refractivity contribution in [3.8, 4) is 0 Å². The number of aliphatic hydroxyl groups is 2. The van der Waals surface area contributed by atoms with Crippen molar-refractivity contribution in [1.29, 1.82) is 0 Å². The van der Waals surface area contributed by atoms with E-state index < -0.39 is 61.1 Å². The second-order valence-corrected chi connectivity index (χ2v) is 5.23. The highest BCUT2D eigenvalue weighted by Gasteiger charge is 2.25. The van der Waals surface area contributed by atoms with Crippen molar-refractivity contribution in [3.05, 3.63) is 0 Å². The molecule has 3 amide bonds. The molecular weight excluding hydrogens is 344 g/mol. The van der Waals surface area contributed by atoms with Crippen LogP contribution in [0.25, 0.3) is 0 Å². The molecule has 0 bridgehead atoms. The molecule has 0 rings (SSSR count). The number of carbonyl (C=O) groups is 4. The van der Waals surface area contributed by atoms with Crippen LogP contribution in [0.2, 0.25) is 0 Å². The SMILES string of the molecule is CC(O)C(N)C(=O)NC(CS)C(=O)NCC(=O)NC(CO)C(=O)O. The van der Waals surface area contributed by atoms with Gasteiger partial charge < -0.3 is 37.0 Å². The molecule has 24 heavy (non-hydrogen) atoms. The average Bonchev–Trinajstić information content (AvgIpc) is 2.53. The highest BCUT2D eigenvalue weighted by atomic mass is 32.1. The summed E-state index contributed by atoms with van der Waals surface area (Å²) in [5, 5.41) is 33.1. The summed E-state index contributed by atoms with van der Waals surface area (Å²) in [5.41, 5.74) is 5.42. The van der Waals surface area contributed by atoms with Crippen molar-refractivity contribution in [1.82, 2.24) is 16.0 Å². The van der Waals surface area contributed by atoms with Crippen LogP contribution in [-0.4, -0.2) is 82.1 Å². The van der Waals surface area contributed by atoms with Gasteiger partial charge in [0.25, 0.3) is 0 Å². The van der Waals surface area contributed by atoms with Crippen molar-refractivity contribution in [3.63, 3.8) is 0 Å². The molecule has 0 aliphatic heterocycles. The second-order valence-electron chi connectivity index (χ2n) is 4.87. The van der Waals surface area contributed by atoms with E-state index in [9.17, 15) is 24.3 Å². The van der Waals surface area contributed by atoms with E-state index >= 15 is 0 Å². The Hall–Kier alpha value is -1.89. The minimum absolute atomic E-state index is 0.0971. The molecule has 0 aromatic carbocycles. The lowest BCUT2D eigenvalue weighted by molar-refractivity contribution is -0.142. The quantitative estimate of drug-likeness (QED) is 0.178. The van der Waals surface area contributed by atoms with Gasteiger partial charge in [-0.2, -0.15) is 12.6 Å². The van der Waals surface area contributed by atoms with E-state index in [1.165, 1.54) is 6.92 Å². The third kappa shape index (κ3) is 7.59. The minimum atomic E-state index is -1.49. The standard InChI is InChI=1S/C12H22N4O7S/c1-5(18)9(13)11(21)16-7(4-24)10(20)14-2-8(19)15-6(3-17)12(22)23/h5-7,9,17-18,24H,2-4,13H2,1H3,(H,14,20)(H,15,19)(H,16,21)(H,22,23). The predicted molar refractivity (Wildman–Crippen MR) is 85.1 cm³/mol. The number of nitrogens with one attached hydrogen (secondary N) is 3. The summed E-state index contributed by atoms with van der Waals surface area (Å²) in [6, 6.07) is -3.82. The van der Waals surface area contributed by atoms with Gasteiger partial charge in [-0.25, -0.2) is 4.79 Å². The largest absolute Gasteiger partial charge is 0.480 e. The Balaban J connectivity index is 4.48. The van der Waals surface area contributed by atoms with E-state index in [1.54, 1.807) is 0 Å². The van der Waals surface area contributed by atoms with Crippen LogP contribution < -0.4 is 21.7 Å². The fraction of sp³-hybridized carbons (Fsp3) is 0.667. The van der Waals surface area contributed by atoms with Crippen LogP contribution in [0.5, 0.6) is 0 Å². The third-order valence-electron chi connectivity index (χ3n) is 2.88. The Kier molecular flexibility index (Phi) is 9.95. The summed E-state index contributed by atoms with van der Waals surface area (Å²) in [4.78, 5) is 45.7. The summed E-state index contributed by atoms with van der Waals surface area (Å²) in [6.07, 6.45) is -1.12. The molecule has 4 atom stereocenters. The molecule has 138 valence electrons. The highest BCUT2D eigenvalue weighted by molar-refractivity contribution is 7.80. The molecule has 0 aliphatic carbocycles. The molecule has 12 heteroatoms. The average molecular weight is 366 g/mol. The fourth-order valence-corrected chi connectivity index (χ4v) is 1.66. The van der Waals surface area contributed by atoms with Gasteiger partial charge in [-0.05, 0) is 6.92 Å². The summed E-state index contributed by atoms with van der Waals surface area (Å²) >= 11 is 3.90. The van der Waals surface area contributed by atoms with E-state index in [-0.39, 0.29) is 5.75 Å². The zero-order valence-electron chi connectivity index (χ0n) is 12.9. The maximum atomic E-state index is 11.9. The normalized spacial score (nSPS) is 15.5. The molecule has 4 unspecified atom stereocenters. The number of hydrogen-bond donors (Lipinski definition) is 8. The van der Waals surface area contributed by atoms with Gasteiger partial charge in [0.05, 0.1) is 19.3 Å². The topological polar surface area (TPSA) is 191 Å². The van der Waals surface area contributed by atoms with Gasteiger partial charge in [-0.15, -0.1) is 0 Å². The Morgan fingerprint density at radius 1 is 1.12 bits per heavy atom. The van der Waals surface area contributed by atoms with Crippen molar-refractivity contribution >= 4 is 36.3 Å². The maximum Gasteiger partial charge on any atom is 0.328 e. The molecule has 0 radical (unpaired) electrons. The summed E-state index contributed by atoms with van der Waals surface area (Å²) in [6.45, 7) is -0.0584. The molecule has 0 aromatic heterocycles. The van der Waals surface area contributed by atoms with Gasteiger partial charge in [0, 0.05) is 5.75 Å². The number of hydrogen-bond acceptors (Lipinski definition) is 8. The summed E-state index contributed by atoms with van der Waals surface area (Å²) in [7, 11) is 0. The number of carbonyl (C=O) groups excluding carboxylic acids is 3. The molecule has 0 fully saturated rings. The molecule has 0 saturated carbocycles. The van der Waals surface area contributed by atoms with Crippen molar-refractivity contribution in [2.75, 3.05) is 18.9 Å². The molecule has 0 spiro atoms. The van der Waals surface area contributed by atoms with Crippen molar-refractivity contribution in [2.45, 2.75) is 31.2 Å². The summed E-state index contributed by atoms with van der Waals surface area (Å²) in [5.74, 6) is -3.88. The van der Waals surface area contributed by atoms with E-state index in [1.807, 2.05) is 5.32 Å². The van der Waals surface area contributed by atoms with Crippen LogP contribution in [0.1, 0.15) is 6.92 Å². The van der Waals surface area contributed by atoms with Crippen LogP contribution in [0, 0.1) is 0 Å². The number of rotatable bonds is 10. The van der Waals surface area contributed by atoms with Crippen molar-refractivity contribution in [2.24, 2.45) is 5.73 Å². The Labute approximate surface area is 143 Å². The monoisotopic (exact) mass is 366 g/mol. The first-order valence-electron chi connectivity index (χ1n) is 6.89. The van der Waals surface area contributed by atoms with Gasteiger partial charge in [0.2, 0.25) is 17.7 Å². The van der Waals surface area contributed by atoms with Crippen LogP contribution >= 0.6 is 12.6 Å². The van der Waals surface area contributed by atoms with Crippen LogP contribution in [-0.2, 0) is 19.2 Å². The molecule has 0 aromatic rings. The van der Waals surface area contributed by atoms with Gasteiger partial charge in [0.1, 0.15) is 18.1 Å². The van der Waals surface area contributed by atoms with Crippen LogP contribution in [0.3, 0.4) is 0 Å². The molecule has 8 N–H and O–H groups in total. The first-order chi connectivity index (χ1) is 11.1. The number of carboxylic acids is 1. The lowest BCUT2D eigenvalue weighted by Gasteiger charge is -2.20. The maximum absolute atomic E-state index is 11.9. The van der Waals surface area contributed by atoms with E-state index in [0.717, 1.165) is 0 Å². The first kappa shape index (κ1) is 22.1. The second kappa shape index (κ2) is 10.8. The van der Waals surface area contributed by atoms with Crippen LogP contribution in [0.15, 0.2) is 0 Å². The van der Waals surface area contributed by atoms with E-state index in [4.69, 9.17) is 15.9 Å². The molecule has 0 aliphatic rings. The Morgan fingerprint density at radius 2 is 1.71 bits per heavy atom. The highest BCUT2D eigenvalue weighted by Crippen LogP contribution is 1.94. The van der Waals surface area contributed by atoms with Crippen molar-refractivity contribution < 1.29 is 34.5 Å². The van der Waals surface area contributed by atoms with Gasteiger partial charge in [0.15, 0.2) is 0 Å². The first-order valence-corrected chi connectivity index (χ1v) is 7.52. The summed E-state index contributed by atoms with van der Waals surface area (Å²) < 4.78 is 0. The van der Waals surface area contributed by atoms with Gasteiger partial charge in [-0.3, -0.25) is 14.4 Å². The Morgan fingerprint density at radius 3 is 2.12 bits per heavy atom. The number of aliphatic hydroxyl groups excluding tert-OH is 2. The fourth-order valence-electron chi connectivity index (χ4n) is 1.40.